The molecule has 0 atom stereocenters. The predicted molar refractivity (Wildman–Crippen MR) is 123 cm³/mol. The first-order valence-corrected chi connectivity index (χ1v) is 10.8. The SMILES string of the molecule is CCOc1cc(/C=C2\SC(=O)N(c3ccccc3)C2=O)cc(I)c1OCC(=O)OC. The van der Waals surface area contributed by atoms with Crippen molar-refractivity contribution in [2.45, 2.75) is 6.92 Å². The fourth-order valence-electron chi connectivity index (χ4n) is 2.68. The third-order valence-electron chi connectivity index (χ3n) is 4.00. The van der Waals surface area contributed by atoms with Crippen molar-refractivity contribution in [2.75, 3.05) is 25.2 Å². The molecule has 0 unspecified atom stereocenters. The first-order chi connectivity index (χ1) is 14.4. The summed E-state index contributed by atoms with van der Waals surface area (Å²) in [4.78, 5) is 38.1. The maximum Gasteiger partial charge on any atom is 0.343 e. The van der Waals surface area contributed by atoms with Gasteiger partial charge in [0.1, 0.15) is 0 Å². The van der Waals surface area contributed by atoms with Crippen molar-refractivity contribution < 1.29 is 28.6 Å². The highest BCUT2D eigenvalue weighted by atomic mass is 127. The van der Waals surface area contributed by atoms with Gasteiger partial charge in [-0.15, -0.1) is 0 Å². The zero-order chi connectivity index (χ0) is 21.7. The monoisotopic (exact) mass is 539 g/mol. The number of anilines is 1. The molecular formula is C21H18INO6S. The molecule has 2 aromatic carbocycles. The summed E-state index contributed by atoms with van der Waals surface area (Å²) >= 11 is 2.94. The zero-order valence-corrected chi connectivity index (χ0v) is 19.2. The number of nitrogens with zero attached hydrogens (tertiary/aromatic N) is 1. The number of thioether (sulfide) groups is 1. The molecule has 0 N–H and O–H groups in total. The number of carbonyl (C=O) groups is 3. The van der Waals surface area contributed by atoms with Crippen molar-refractivity contribution in [1.82, 2.24) is 0 Å². The van der Waals surface area contributed by atoms with E-state index in [9.17, 15) is 14.4 Å². The maximum absolute atomic E-state index is 12.8. The molecule has 30 heavy (non-hydrogen) atoms. The third-order valence-corrected chi connectivity index (χ3v) is 5.67. The summed E-state index contributed by atoms with van der Waals surface area (Å²) in [6.45, 7) is 1.97. The van der Waals surface area contributed by atoms with Crippen molar-refractivity contribution in [3.05, 3.63) is 56.5 Å². The number of carbonyl (C=O) groups excluding carboxylic acids is 3. The lowest BCUT2D eigenvalue weighted by Crippen LogP contribution is -2.27. The van der Waals surface area contributed by atoms with Gasteiger partial charge in [-0.3, -0.25) is 9.59 Å². The van der Waals surface area contributed by atoms with Crippen molar-refractivity contribution >= 4 is 63.2 Å². The molecule has 3 rings (SSSR count). The zero-order valence-electron chi connectivity index (χ0n) is 16.2. The van der Waals surface area contributed by atoms with Gasteiger partial charge in [0, 0.05) is 0 Å². The molecule has 9 heteroatoms. The van der Waals surface area contributed by atoms with E-state index in [2.05, 4.69) is 27.3 Å². The van der Waals surface area contributed by atoms with Crippen molar-refractivity contribution in [3.8, 4) is 11.5 Å². The second-order valence-corrected chi connectivity index (χ2v) is 8.14. The van der Waals surface area contributed by atoms with Crippen LogP contribution in [0.25, 0.3) is 6.08 Å². The largest absolute Gasteiger partial charge is 0.490 e. The van der Waals surface area contributed by atoms with Crippen LogP contribution in [0.1, 0.15) is 12.5 Å². The standard InChI is InChI=1S/C21H18INO6S/c1-3-28-16-10-13(9-15(22)19(16)29-12-18(24)27-2)11-17-20(25)23(21(26)30-17)14-7-5-4-6-8-14/h4-11H,3,12H2,1-2H3/b17-11-. The van der Waals surface area contributed by atoms with Crippen LogP contribution in [0.15, 0.2) is 47.4 Å². The number of hydrogen-bond acceptors (Lipinski definition) is 7. The number of halogens is 1. The Labute approximate surface area is 191 Å². The minimum Gasteiger partial charge on any atom is -0.490 e. The Hall–Kier alpha value is -2.53. The molecule has 156 valence electrons. The van der Waals surface area contributed by atoms with Crippen molar-refractivity contribution in [2.24, 2.45) is 0 Å². The van der Waals surface area contributed by atoms with Gasteiger partial charge in [0.25, 0.3) is 11.1 Å². The van der Waals surface area contributed by atoms with Gasteiger partial charge in [-0.25, -0.2) is 9.69 Å². The van der Waals surface area contributed by atoms with Crippen LogP contribution in [0.3, 0.4) is 0 Å². The first kappa shape index (κ1) is 22.2. The highest BCUT2D eigenvalue weighted by Crippen LogP contribution is 2.38. The Balaban J connectivity index is 1.90. The third kappa shape index (κ3) is 4.96. The van der Waals surface area contributed by atoms with E-state index in [1.807, 2.05) is 13.0 Å². The Bertz CT molecular complexity index is 1010. The van der Waals surface area contributed by atoms with Gasteiger partial charge in [0.15, 0.2) is 18.1 Å². The number of imide groups is 1. The summed E-state index contributed by atoms with van der Waals surface area (Å²) in [5.74, 6) is -0.0404. The van der Waals surface area contributed by atoms with Crippen LogP contribution in [0.2, 0.25) is 0 Å². The predicted octanol–water partition coefficient (Wildman–Crippen LogP) is 4.48. The van der Waals surface area contributed by atoms with E-state index in [4.69, 9.17) is 9.47 Å². The van der Waals surface area contributed by atoms with E-state index >= 15 is 0 Å². The first-order valence-electron chi connectivity index (χ1n) is 8.93. The quantitative estimate of drug-likeness (QED) is 0.292. The van der Waals surface area contributed by atoms with Gasteiger partial charge in [-0.1, -0.05) is 18.2 Å². The topological polar surface area (TPSA) is 82.1 Å². The summed E-state index contributed by atoms with van der Waals surface area (Å²) in [5, 5.41) is -0.352. The minimum absolute atomic E-state index is 0.248. The van der Waals surface area contributed by atoms with Gasteiger partial charge in [0.2, 0.25) is 0 Å². The average molecular weight is 539 g/mol. The summed E-state index contributed by atoms with van der Waals surface area (Å²) < 4.78 is 16.5. The Kier molecular flexibility index (Phi) is 7.38. The number of amides is 2. The van der Waals surface area contributed by atoms with E-state index < -0.39 is 5.97 Å². The number of rotatable bonds is 7. The highest BCUT2D eigenvalue weighted by molar-refractivity contribution is 14.1. The second kappa shape index (κ2) is 9.98. The smallest absolute Gasteiger partial charge is 0.343 e. The molecule has 7 nitrogen and oxygen atoms in total. The molecule has 0 saturated carbocycles. The highest BCUT2D eigenvalue weighted by Gasteiger charge is 2.36. The lowest BCUT2D eigenvalue weighted by Gasteiger charge is -2.14. The number of benzene rings is 2. The van der Waals surface area contributed by atoms with Gasteiger partial charge < -0.3 is 14.2 Å². The number of ether oxygens (including phenoxy) is 3. The fraction of sp³-hybridized carbons (Fsp3) is 0.190. The van der Waals surface area contributed by atoms with Crippen LogP contribution >= 0.6 is 34.4 Å². The van der Waals surface area contributed by atoms with E-state index in [0.717, 1.165) is 16.7 Å². The number of hydrogen-bond donors (Lipinski definition) is 0. The van der Waals surface area contributed by atoms with E-state index in [1.165, 1.54) is 7.11 Å². The van der Waals surface area contributed by atoms with Crippen LogP contribution in [-0.2, 0) is 14.3 Å². The molecule has 2 amide bonds. The van der Waals surface area contributed by atoms with Crippen molar-refractivity contribution in [3.63, 3.8) is 0 Å². The molecule has 1 heterocycles. The number of methoxy groups -OCH3 is 1. The molecule has 2 aromatic rings. The molecular weight excluding hydrogens is 521 g/mol. The number of para-hydroxylation sites is 1. The molecule has 0 spiro atoms. The summed E-state index contributed by atoms with van der Waals surface area (Å²) in [7, 11) is 1.28. The fourth-order valence-corrected chi connectivity index (χ4v) is 4.31. The molecule has 1 aliphatic heterocycles. The average Bonchev–Trinajstić information content (AvgIpc) is 3.01. The van der Waals surface area contributed by atoms with Gasteiger partial charge in [-0.2, -0.15) is 0 Å². The summed E-state index contributed by atoms with van der Waals surface area (Å²) in [5.41, 5.74) is 1.20. The summed E-state index contributed by atoms with van der Waals surface area (Å²) in [6.07, 6.45) is 1.64. The second-order valence-electron chi connectivity index (χ2n) is 5.98. The normalized spacial score (nSPS) is 14.9. The lowest BCUT2D eigenvalue weighted by molar-refractivity contribution is -0.143. The van der Waals surface area contributed by atoms with Crippen LogP contribution in [0.4, 0.5) is 10.5 Å². The van der Waals surface area contributed by atoms with Crippen LogP contribution in [0.5, 0.6) is 11.5 Å². The van der Waals surface area contributed by atoms with E-state index in [0.29, 0.717) is 37.8 Å². The Morgan fingerprint density at radius 1 is 1.17 bits per heavy atom. The van der Waals surface area contributed by atoms with Crippen LogP contribution in [-0.4, -0.2) is 37.4 Å². The molecule has 1 aliphatic rings. The summed E-state index contributed by atoms with van der Waals surface area (Å²) in [6, 6.07) is 12.3. The Morgan fingerprint density at radius 3 is 2.57 bits per heavy atom. The molecule has 0 aromatic heterocycles. The van der Waals surface area contributed by atoms with Gasteiger partial charge >= 0.3 is 5.97 Å². The number of esters is 1. The Morgan fingerprint density at radius 2 is 1.90 bits per heavy atom. The molecule has 0 bridgehead atoms. The lowest BCUT2D eigenvalue weighted by atomic mass is 10.1. The minimum atomic E-state index is -0.507. The van der Waals surface area contributed by atoms with Gasteiger partial charge in [0.05, 0.1) is 27.9 Å². The van der Waals surface area contributed by atoms with Crippen LogP contribution < -0.4 is 14.4 Å². The van der Waals surface area contributed by atoms with E-state index in [1.54, 1.807) is 42.5 Å². The molecule has 0 aliphatic carbocycles. The van der Waals surface area contributed by atoms with Crippen molar-refractivity contribution in [1.29, 1.82) is 0 Å². The van der Waals surface area contributed by atoms with Gasteiger partial charge in [-0.05, 0) is 77.2 Å². The molecule has 1 fully saturated rings. The molecule has 1 saturated heterocycles. The van der Waals surface area contributed by atoms with Crippen LogP contribution in [0, 0.1) is 3.57 Å². The maximum atomic E-state index is 12.8. The van der Waals surface area contributed by atoms with E-state index in [-0.39, 0.29) is 17.8 Å². The molecule has 0 radical (unpaired) electrons.